The third-order valence-electron chi connectivity index (χ3n) is 6.89. The number of nitrogens with zero attached hydrogens (tertiary/aromatic N) is 2. The lowest BCUT2D eigenvalue weighted by molar-refractivity contribution is -0.140. The number of aryl methyl sites for hydroxylation is 1. The quantitative estimate of drug-likeness (QED) is 0.171. The summed E-state index contributed by atoms with van der Waals surface area (Å²) < 4.78 is 30.0. The van der Waals surface area contributed by atoms with Crippen LogP contribution in [0.15, 0.2) is 106 Å². The fourth-order valence-corrected chi connectivity index (χ4v) is 7.09. The largest absolute Gasteiger partial charge is 0.355 e. The minimum atomic E-state index is -4.27. The Hall–Kier alpha value is -3.37. The fraction of sp³-hybridized carbons (Fsp3) is 0.212. The van der Waals surface area contributed by atoms with E-state index in [1.54, 1.807) is 19.1 Å². The van der Waals surface area contributed by atoms with Gasteiger partial charge >= 0.3 is 0 Å². The number of halogens is 3. The van der Waals surface area contributed by atoms with Crippen molar-refractivity contribution in [3.63, 3.8) is 0 Å². The van der Waals surface area contributed by atoms with Crippen LogP contribution >= 0.6 is 39.1 Å². The van der Waals surface area contributed by atoms with Gasteiger partial charge in [-0.2, -0.15) is 0 Å². The molecule has 0 spiro atoms. The molecule has 0 heterocycles. The van der Waals surface area contributed by atoms with Crippen LogP contribution in [-0.2, 0) is 32.6 Å². The van der Waals surface area contributed by atoms with E-state index in [-0.39, 0.29) is 39.5 Å². The first-order valence-electron chi connectivity index (χ1n) is 13.9. The maximum absolute atomic E-state index is 14.4. The molecule has 11 heteroatoms. The van der Waals surface area contributed by atoms with E-state index in [4.69, 9.17) is 23.2 Å². The van der Waals surface area contributed by atoms with E-state index < -0.39 is 28.5 Å². The van der Waals surface area contributed by atoms with Crippen molar-refractivity contribution >= 4 is 66.7 Å². The Morgan fingerprint density at radius 1 is 0.864 bits per heavy atom. The van der Waals surface area contributed by atoms with Gasteiger partial charge in [0.25, 0.3) is 10.0 Å². The molecule has 7 nitrogen and oxygen atoms in total. The first-order chi connectivity index (χ1) is 21.0. The van der Waals surface area contributed by atoms with Gasteiger partial charge in [-0.3, -0.25) is 13.9 Å². The Morgan fingerprint density at radius 2 is 1.50 bits per heavy atom. The molecule has 0 aromatic heterocycles. The van der Waals surface area contributed by atoms with Gasteiger partial charge < -0.3 is 10.2 Å². The molecule has 2 amide bonds. The molecule has 0 bridgehead atoms. The number of likely N-dealkylation sites (N-methyl/N-ethyl adjacent to an activating group) is 1. The summed E-state index contributed by atoms with van der Waals surface area (Å²) in [7, 11) is -4.27. The Morgan fingerprint density at radius 3 is 2.11 bits per heavy atom. The number of hydrogen-bond donors (Lipinski definition) is 1. The minimum Gasteiger partial charge on any atom is -0.355 e. The zero-order valence-corrected chi connectivity index (χ0v) is 28.1. The van der Waals surface area contributed by atoms with Crippen molar-refractivity contribution in [2.45, 2.75) is 37.8 Å². The number of anilines is 1. The van der Waals surface area contributed by atoms with Crippen LogP contribution in [0.1, 0.15) is 23.6 Å². The molecule has 4 rings (SSSR count). The first-order valence-corrected chi connectivity index (χ1v) is 16.9. The van der Waals surface area contributed by atoms with Gasteiger partial charge in [-0.25, -0.2) is 8.42 Å². The van der Waals surface area contributed by atoms with E-state index in [0.29, 0.717) is 6.54 Å². The summed E-state index contributed by atoms with van der Waals surface area (Å²) in [5.74, 6) is -0.928. The standard InChI is InChI=1S/C33H32BrCl2N3O4S/c1-3-37-33(41)31(17-24-8-5-4-6-9-24)38(21-25-10-7-11-26(34)16-25)32(40)22-39(29-19-27(35)18-28(36)20-29)44(42,43)30-14-12-23(2)13-15-30/h4-16,18-20,31H,3,17,21-22H2,1-2H3,(H,37,41)/t31-/m1/s1. The van der Waals surface area contributed by atoms with E-state index in [9.17, 15) is 18.0 Å². The Bertz CT molecular complexity index is 1700. The van der Waals surface area contributed by atoms with Crippen LogP contribution in [0.25, 0.3) is 0 Å². The highest BCUT2D eigenvalue weighted by molar-refractivity contribution is 9.10. The van der Waals surface area contributed by atoms with E-state index in [0.717, 1.165) is 25.5 Å². The van der Waals surface area contributed by atoms with Crippen molar-refractivity contribution in [3.8, 4) is 0 Å². The molecular weight excluding hydrogens is 685 g/mol. The summed E-state index contributed by atoms with van der Waals surface area (Å²) in [6.07, 6.45) is 0.222. The van der Waals surface area contributed by atoms with Gasteiger partial charge in [0.2, 0.25) is 11.8 Å². The Labute approximate surface area is 277 Å². The summed E-state index contributed by atoms with van der Waals surface area (Å²) in [6.45, 7) is 3.46. The normalized spacial score (nSPS) is 11.9. The lowest BCUT2D eigenvalue weighted by Crippen LogP contribution is -2.53. The van der Waals surface area contributed by atoms with Crippen LogP contribution in [0.3, 0.4) is 0 Å². The summed E-state index contributed by atoms with van der Waals surface area (Å²) in [6, 6.07) is 26.5. The molecule has 4 aromatic carbocycles. The van der Waals surface area contributed by atoms with Crippen molar-refractivity contribution in [1.82, 2.24) is 10.2 Å². The first kappa shape index (κ1) is 33.5. The molecule has 0 aliphatic carbocycles. The highest BCUT2D eigenvalue weighted by atomic mass is 79.9. The third kappa shape index (κ3) is 8.63. The van der Waals surface area contributed by atoms with Gasteiger partial charge in [0, 0.05) is 34.0 Å². The highest BCUT2D eigenvalue weighted by Gasteiger charge is 2.34. The lowest BCUT2D eigenvalue weighted by Gasteiger charge is -2.34. The van der Waals surface area contributed by atoms with Crippen LogP contribution in [0.2, 0.25) is 10.0 Å². The molecule has 230 valence electrons. The number of carbonyl (C=O) groups is 2. The van der Waals surface area contributed by atoms with Gasteiger partial charge in [-0.15, -0.1) is 0 Å². The number of sulfonamides is 1. The van der Waals surface area contributed by atoms with Crippen molar-refractivity contribution in [2.24, 2.45) is 0 Å². The molecule has 0 saturated carbocycles. The second-order valence-electron chi connectivity index (χ2n) is 10.2. The predicted molar refractivity (Wildman–Crippen MR) is 179 cm³/mol. The van der Waals surface area contributed by atoms with E-state index in [1.165, 1.54) is 35.2 Å². The number of amides is 2. The second-order valence-corrected chi connectivity index (χ2v) is 13.9. The van der Waals surface area contributed by atoms with Gasteiger partial charge in [0.1, 0.15) is 12.6 Å². The van der Waals surface area contributed by atoms with Crippen molar-refractivity contribution < 1.29 is 18.0 Å². The van der Waals surface area contributed by atoms with Crippen molar-refractivity contribution in [3.05, 3.63) is 128 Å². The highest BCUT2D eigenvalue weighted by Crippen LogP contribution is 2.30. The lowest BCUT2D eigenvalue weighted by atomic mass is 10.0. The molecule has 44 heavy (non-hydrogen) atoms. The van der Waals surface area contributed by atoms with Crippen molar-refractivity contribution in [2.75, 3.05) is 17.4 Å². The molecule has 0 radical (unpaired) electrons. The average molecular weight is 718 g/mol. The van der Waals surface area contributed by atoms with Crippen LogP contribution < -0.4 is 9.62 Å². The van der Waals surface area contributed by atoms with Crippen LogP contribution in [0, 0.1) is 6.92 Å². The zero-order chi connectivity index (χ0) is 31.9. The molecule has 4 aromatic rings. The molecular formula is C33H32BrCl2N3O4S. The molecule has 0 unspecified atom stereocenters. The molecule has 0 aliphatic rings. The number of carbonyl (C=O) groups excluding carboxylic acids is 2. The van der Waals surface area contributed by atoms with E-state index in [2.05, 4.69) is 21.2 Å². The molecule has 1 atom stereocenters. The third-order valence-corrected chi connectivity index (χ3v) is 9.60. The predicted octanol–water partition coefficient (Wildman–Crippen LogP) is 7.04. The Balaban J connectivity index is 1.82. The van der Waals surface area contributed by atoms with Gasteiger partial charge in [-0.05, 0) is 67.4 Å². The second kappa shape index (κ2) is 15.1. The van der Waals surface area contributed by atoms with Crippen LogP contribution in [-0.4, -0.2) is 44.3 Å². The number of benzene rings is 4. The number of hydrogen-bond acceptors (Lipinski definition) is 4. The summed E-state index contributed by atoms with van der Waals surface area (Å²) in [5, 5.41) is 3.27. The smallest absolute Gasteiger partial charge is 0.264 e. The molecule has 0 fully saturated rings. The summed E-state index contributed by atoms with van der Waals surface area (Å²) >= 11 is 16.1. The molecule has 0 aliphatic heterocycles. The maximum atomic E-state index is 14.4. The molecule has 0 saturated heterocycles. The van der Waals surface area contributed by atoms with E-state index in [1.807, 2.05) is 61.5 Å². The minimum absolute atomic E-state index is 0.00454. The van der Waals surface area contributed by atoms with E-state index >= 15 is 0 Å². The van der Waals surface area contributed by atoms with Crippen molar-refractivity contribution in [1.29, 1.82) is 0 Å². The van der Waals surface area contributed by atoms with Gasteiger partial charge in [0.15, 0.2) is 0 Å². The fourth-order valence-electron chi connectivity index (χ4n) is 4.73. The summed E-state index contributed by atoms with van der Waals surface area (Å²) in [5.41, 5.74) is 2.61. The van der Waals surface area contributed by atoms with Gasteiger partial charge in [-0.1, -0.05) is 99.3 Å². The molecule has 1 N–H and O–H groups in total. The number of nitrogens with one attached hydrogen (secondary N) is 1. The Kier molecular flexibility index (Phi) is 11.5. The maximum Gasteiger partial charge on any atom is 0.264 e. The summed E-state index contributed by atoms with van der Waals surface area (Å²) in [4.78, 5) is 29.4. The van der Waals surface area contributed by atoms with Crippen LogP contribution in [0.4, 0.5) is 5.69 Å². The topological polar surface area (TPSA) is 86.8 Å². The SMILES string of the molecule is CCNC(=O)[C@@H](Cc1ccccc1)N(Cc1cccc(Br)c1)C(=O)CN(c1cc(Cl)cc(Cl)c1)S(=O)(=O)c1ccc(C)cc1. The number of rotatable bonds is 12. The zero-order valence-electron chi connectivity index (χ0n) is 24.2. The average Bonchev–Trinajstić information content (AvgIpc) is 2.98. The van der Waals surface area contributed by atoms with Gasteiger partial charge in [0.05, 0.1) is 10.6 Å². The monoisotopic (exact) mass is 715 g/mol. The van der Waals surface area contributed by atoms with Crippen LogP contribution in [0.5, 0.6) is 0 Å².